The van der Waals surface area contributed by atoms with Gasteiger partial charge in [-0.05, 0) is 49.9 Å². The Bertz CT molecular complexity index is 1100. The first-order chi connectivity index (χ1) is 13.9. The van der Waals surface area contributed by atoms with Gasteiger partial charge in [0.15, 0.2) is 11.1 Å². The second kappa shape index (κ2) is 8.06. The number of phenols is 1. The van der Waals surface area contributed by atoms with E-state index in [1.165, 1.54) is 0 Å². The predicted molar refractivity (Wildman–Crippen MR) is 120 cm³/mol. The highest BCUT2D eigenvalue weighted by atomic mass is 32.2. The van der Waals surface area contributed by atoms with Crippen LogP contribution in [-0.4, -0.2) is 31.7 Å². The SMILES string of the molecule is Cc1ccc([C@H](Nc2n[s+]([O-])nc2Nc2cccc(P(C)(C)=O)c2O)C(C)(C)C)o1. The molecule has 0 spiro atoms. The van der Waals surface area contributed by atoms with Crippen LogP contribution in [0.4, 0.5) is 17.3 Å². The van der Waals surface area contributed by atoms with Crippen molar-refractivity contribution in [3.05, 3.63) is 41.9 Å². The maximum Gasteiger partial charge on any atom is 0.237 e. The molecular formula is C20H27N4O4PS. The molecule has 3 N–H and O–H groups in total. The highest BCUT2D eigenvalue weighted by Crippen LogP contribution is 2.42. The number of aryl methyl sites for hydroxylation is 1. The van der Waals surface area contributed by atoms with E-state index in [-0.39, 0.29) is 23.0 Å². The minimum Gasteiger partial charge on any atom is -0.546 e. The summed E-state index contributed by atoms with van der Waals surface area (Å²) in [5.74, 6) is 1.90. The first-order valence-electron chi connectivity index (χ1n) is 9.43. The number of phenolic OH excluding ortho intramolecular Hbond substituents is 1. The van der Waals surface area contributed by atoms with Crippen LogP contribution in [0.15, 0.2) is 34.7 Å². The molecule has 3 aromatic rings. The van der Waals surface area contributed by atoms with E-state index in [4.69, 9.17) is 4.42 Å². The number of hydrogen-bond donors (Lipinski definition) is 3. The summed E-state index contributed by atoms with van der Waals surface area (Å²) >= 11 is -1.80. The van der Waals surface area contributed by atoms with Crippen molar-refractivity contribution in [2.75, 3.05) is 24.0 Å². The van der Waals surface area contributed by atoms with Crippen LogP contribution in [0.1, 0.15) is 38.3 Å². The molecule has 0 aliphatic rings. The van der Waals surface area contributed by atoms with Gasteiger partial charge in [0.2, 0.25) is 11.6 Å². The molecule has 10 heteroatoms. The molecule has 3 rings (SSSR count). The van der Waals surface area contributed by atoms with Gasteiger partial charge in [-0.3, -0.25) is 0 Å². The molecule has 0 radical (unpaired) electrons. The van der Waals surface area contributed by atoms with Crippen LogP contribution in [0.25, 0.3) is 0 Å². The van der Waals surface area contributed by atoms with Crippen LogP contribution < -0.4 is 15.9 Å². The Morgan fingerprint density at radius 3 is 2.40 bits per heavy atom. The Morgan fingerprint density at radius 1 is 1.17 bits per heavy atom. The van der Waals surface area contributed by atoms with E-state index in [1.54, 1.807) is 31.5 Å². The predicted octanol–water partition coefficient (Wildman–Crippen LogP) is 5.00. The number of anilines is 3. The highest BCUT2D eigenvalue weighted by molar-refractivity contribution is 7.70. The average Bonchev–Trinajstić information content (AvgIpc) is 3.17. The Morgan fingerprint density at radius 2 is 1.83 bits per heavy atom. The molecule has 0 saturated carbocycles. The summed E-state index contributed by atoms with van der Waals surface area (Å²) < 4.78 is 38.4. The van der Waals surface area contributed by atoms with Crippen LogP contribution in [0, 0.1) is 12.3 Å². The zero-order valence-corrected chi connectivity index (χ0v) is 19.6. The fourth-order valence-electron chi connectivity index (χ4n) is 3.09. The van der Waals surface area contributed by atoms with E-state index in [9.17, 15) is 14.2 Å². The van der Waals surface area contributed by atoms with E-state index < -0.39 is 18.3 Å². The summed E-state index contributed by atoms with van der Waals surface area (Å²) in [6, 6.07) is 8.46. The monoisotopic (exact) mass is 450 g/mol. The third kappa shape index (κ3) is 4.86. The summed E-state index contributed by atoms with van der Waals surface area (Å²) in [5, 5.41) is 17.2. The van der Waals surface area contributed by atoms with Crippen molar-refractivity contribution in [1.29, 1.82) is 0 Å². The van der Waals surface area contributed by atoms with Gasteiger partial charge in [-0.2, -0.15) is 0 Å². The van der Waals surface area contributed by atoms with Crippen molar-refractivity contribution in [3.63, 3.8) is 0 Å². The maximum atomic E-state index is 12.4. The standard InChI is InChI=1S/C20H27N4O4PS/c1-12-10-11-14(28-12)17(20(2,3)4)22-19-18(23-30(27)24-19)21-13-8-7-9-15(16(13)25)29(5,6)26/h7-11,17,25H,1-6H3,(H,21,23)(H,22,24)/t17-,30?/m0/s1. The molecule has 0 aliphatic heterocycles. The molecule has 162 valence electrons. The molecule has 1 aromatic carbocycles. The third-order valence-corrected chi connectivity index (χ3v) is 6.80. The van der Waals surface area contributed by atoms with Gasteiger partial charge >= 0.3 is 0 Å². The zero-order valence-electron chi connectivity index (χ0n) is 17.9. The van der Waals surface area contributed by atoms with Crippen LogP contribution in [0.5, 0.6) is 5.75 Å². The molecule has 2 heterocycles. The summed E-state index contributed by atoms with van der Waals surface area (Å²) in [6.45, 7) is 11.2. The van der Waals surface area contributed by atoms with Crippen molar-refractivity contribution >= 4 is 40.9 Å². The molecule has 2 atom stereocenters. The number of aromatic nitrogens is 2. The molecule has 0 bridgehead atoms. The molecule has 8 nitrogen and oxygen atoms in total. The summed E-state index contributed by atoms with van der Waals surface area (Å²) in [4.78, 5) is 0. The van der Waals surface area contributed by atoms with Crippen LogP contribution >= 0.6 is 18.3 Å². The van der Waals surface area contributed by atoms with Crippen LogP contribution in [0.2, 0.25) is 0 Å². The summed E-state index contributed by atoms with van der Waals surface area (Å²) in [6.07, 6.45) is 0. The van der Waals surface area contributed by atoms with Crippen LogP contribution in [-0.2, 0) is 4.57 Å². The van der Waals surface area contributed by atoms with Gasteiger partial charge in [0.1, 0.15) is 24.4 Å². The minimum atomic E-state index is -2.69. The highest BCUT2D eigenvalue weighted by Gasteiger charge is 2.32. The van der Waals surface area contributed by atoms with Crippen molar-refractivity contribution in [1.82, 2.24) is 8.75 Å². The third-order valence-electron chi connectivity index (χ3n) is 4.60. The van der Waals surface area contributed by atoms with Crippen molar-refractivity contribution in [3.8, 4) is 5.75 Å². The van der Waals surface area contributed by atoms with E-state index in [1.807, 2.05) is 19.1 Å². The Kier molecular flexibility index (Phi) is 6.00. The summed E-state index contributed by atoms with van der Waals surface area (Å²) in [7, 11) is -2.69. The number of para-hydroxylation sites is 1. The molecule has 0 saturated heterocycles. The van der Waals surface area contributed by atoms with E-state index >= 15 is 0 Å². The molecular weight excluding hydrogens is 423 g/mol. The first kappa shape index (κ1) is 22.3. The Labute approximate surface area is 179 Å². The van der Waals surface area contributed by atoms with Crippen LogP contribution in [0.3, 0.4) is 0 Å². The topological polar surface area (TPSA) is 123 Å². The zero-order chi connectivity index (χ0) is 22.3. The largest absolute Gasteiger partial charge is 0.546 e. The molecule has 1 unspecified atom stereocenters. The van der Waals surface area contributed by atoms with Crippen molar-refractivity contribution in [2.45, 2.75) is 33.7 Å². The molecule has 30 heavy (non-hydrogen) atoms. The molecule has 2 aromatic heterocycles. The lowest BCUT2D eigenvalue weighted by molar-refractivity contribution is 0.300. The second-order valence-electron chi connectivity index (χ2n) is 8.65. The van der Waals surface area contributed by atoms with E-state index in [0.717, 1.165) is 11.5 Å². The van der Waals surface area contributed by atoms with E-state index in [2.05, 4.69) is 40.2 Å². The van der Waals surface area contributed by atoms with Gasteiger partial charge in [-0.15, -0.1) is 0 Å². The first-order valence-corrected chi connectivity index (χ1v) is 13.1. The number of rotatable bonds is 6. The molecule has 0 aliphatic carbocycles. The lowest BCUT2D eigenvalue weighted by Gasteiger charge is -2.29. The number of benzene rings is 1. The van der Waals surface area contributed by atoms with Crippen molar-refractivity contribution in [2.24, 2.45) is 5.41 Å². The van der Waals surface area contributed by atoms with Gasteiger partial charge in [0.25, 0.3) is 0 Å². The van der Waals surface area contributed by atoms with E-state index in [0.29, 0.717) is 16.8 Å². The van der Waals surface area contributed by atoms with Gasteiger partial charge in [-0.1, -0.05) is 26.8 Å². The van der Waals surface area contributed by atoms with Crippen molar-refractivity contribution < 1.29 is 18.6 Å². The normalized spacial score (nSPS) is 13.9. The average molecular weight is 451 g/mol. The Hall–Kier alpha value is -2.35. The lowest BCUT2D eigenvalue weighted by Crippen LogP contribution is -2.25. The second-order valence-corrected chi connectivity index (χ2v) is 12.7. The van der Waals surface area contributed by atoms with Gasteiger partial charge < -0.3 is 29.3 Å². The van der Waals surface area contributed by atoms with Gasteiger partial charge in [0, 0.05) is 8.75 Å². The van der Waals surface area contributed by atoms with Gasteiger partial charge in [0.05, 0.1) is 17.0 Å². The summed E-state index contributed by atoms with van der Waals surface area (Å²) in [5.41, 5.74) is 0.0610. The number of nitrogens with zero attached hydrogens (tertiary/aromatic N) is 2. The fraction of sp³-hybridized carbons (Fsp3) is 0.400. The number of furan rings is 1. The number of aromatic hydroxyl groups is 1. The fourth-order valence-corrected chi connectivity index (χ4v) is 4.79. The lowest BCUT2D eigenvalue weighted by atomic mass is 9.85. The smallest absolute Gasteiger partial charge is 0.237 e. The molecule has 0 fully saturated rings. The minimum absolute atomic E-state index is 0.125. The number of hydrogen-bond acceptors (Lipinski definition) is 8. The quantitative estimate of drug-likeness (QED) is 0.272. The number of nitrogens with one attached hydrogen (secondary N) is 2. The molecule has 0 amide bonds. The Balaban J connectivity index is 1.96. The maximum absolute atomic E-state index is 12.4. The van der Waals surface area contributed by atoms with Gasteiger partial charge in [-0.25, -0.2) is 0 Å².